The molecule has 0 saturated heterocycles. The maximum absolute atomic E-state index is 10.5. The molecule has 1 aliphatic rings. The highest BCUT2D eigenvalue weighted by atomic mass is 16.6. The summed E-state index contributed by atoms with van der Waals surface area (Å²) in [6.45, 7) is 3.12. The van der Waals surface area contributed by atoms with Gasteiger partial charge >= 0.3 is 0 Å². The molecule has 3 aromatic carbocycles. The molecule has 1 heterocycles. The number of nitrogens with one attached hydrogen (secondary N) is 2. The van der Waals surface area contributed by atoms with Gasteiger partial charge in [0.05, 0.1) is 28.4 Å². The van der Waals surface area contributed by atoms with Gasteiger partial charge in [0.25, 0.3) is 0 Å². The summed E-state index contributed by atoms with van der Waals surface area (Å²) in [6, 6.07) is 16.8. The molecule has 0 bridgehead atoms. The Morgan fingerprint density at radius 1 is 0.814 bits per heavy atom. The number of hydrogen-bond donors (Lipinski definition) is 3. The fraction of sp³-hybridized carbons (Fsp3) is 0.438. The number of para-hydroxylation sites is 2. The van der Waals surface area contributed by atoms with Gasteiger partial charge in [-0.15, -0.1) is 0 Å². The van der Waals surface area contributed by atoms with Crippen LogP contribution in [0.5, 0.6) is 46.0 Å². The van der Waals surface area contributed by atoms with Crippen molar-refractivity contribution in [3.05, 3.63) is 60.2 Å². The van der Waals surface area contributed by atoms with Crippen molar-refractivity contribution in [3.63, 3.8) is 0 Å². The largest absolute Gasteiger partial charge is 0.493 e. The van der Waals surface area contributed by atoms with E-state index in [1.54, 1.807) is 28.4 Å². The molecular formula is C32H42N2O9. The van der Waals surface area contributed by atoms with Crippen molar-refractivity contribution >= 4 is 0 Å². The zero-order valence-electron chi connectivity index (χ0n) is 25.2. The second kappa shape index (κ2) is 16.5. The molecule has 0 saturated carbocycles. The van der Waals surface area contributed by atoms with Crippen LogP contribution in [0.1, 0.15) is 5.56 Å². The Bertz CT molecular complexity index is 1270. The Morgan fingerprint density at radius 2 is 1.53 bits per heavy atom. The third kappa shape index (κ3) is 8.96. The topological polar surface area (TPSA) is 118 Å². The normalized spacial score (nSPS) is 14.5. The van der Waals surface area contributed by atoms with E-state index in [4.69, 9.17) is 37.9 Å². The zero-order valence-corrected chi connectivity index (χ0v) is 25.2. The lowest BCUT2D eigenvalue weighted by Crippen LogP contribution is -2.40. The van der Waals surface area contributed by atoms with Crippen molar-refractivity contribution in [2.24, 2.45) is 0 Å². The molecular weight excluding hydrogens is 556 g/mol. The van der Waals surface area contributed by atoms with Crippen LogP contribution in [0.4, 0.5) is 0 Å². The van der Waals surface area contributed by atoms with E-state index in [9.17, 15) is 5.11 Å². The number of aliphatic hydroxyl groups is 1. The quantitative estimate of drug-likeness (QED) is 0.188. The molecule has 4 rings (SSSR count). The molecule has 0 aromatic heterocycles. The number of rotatable bonds is 18. The fourth-order valence-corrected chi connectivity index (χ4v) is 4.55. The van der Waals surface area contributed by atoms with Crippen molar-refractivity contribution in [3.8, 4) is 46.0 Å². The number of hydrogen-bond acceptors (Lipinski definition) is 11. The molecule has 11 nitrogen and oxygen atoms in total. The molecule has 2 atom stereocenters. The first-order chi connectivity index (χ1) is 21.1. The van der Waals surface area contributed by atoms with Crippen molar-refractivity contribution in [1.82, 2.24) is 10.6 Å². The predicted octanol–water partition coefficient (Wildman–Crippen LogP) is 3.10. The van der Waals surface area contributed by atoms with Gasteiger partial charge in [-0.1, -0.05) is 18.2 Å². The third-order valence-electron chi connectivity index (χ3n) is 6.78. The monoisotopic (exact) mass is 598 g/mol. The van der Waals surface area contributed by atoms with Crippen LogP contribution in [0.25, 0.3) is 0 Å². The van der Waals surface area contributed by atoms with Gasteiger partial charge in [0.15, 0.2) is 34.5 Å². The molecule has 0 radical (unpaired) electrons. The smallest absolute Gasteiger partial charge is 0.204 e. The number of benzene rings is 3. The summed E-state index contributed by atoms with van der Waals surface area (Å²) < 4.78 is 45.4. The molecule has 1 aliphatic heterocycles. The maximum Gasteiger partial charge on any atom is 0.204 e. The van der Waals surface area contributed by atoms with Crippen LogP contribution in [-0.2, 0) is 6.42 Å². The van der Waals surface area contributed by atoms with Crippen LogP contribution in [0, 0.1) is 0 Å². The summed E-state index contributed by atoms with van der Waals surface area (Å²) in [6.07, 6.45) is -0.145. The van der Waals surface area contributed by atoms with Gasteiger partial charge in [-0.3, -0.25) is 0 Å². The maximum atomic E-state index is 10.5. The lowest BCUT2D eigenvalue weighted by Gasteiger charge is -2.28. The molecule has 43 heavy (non-hydrogen) atoms. The van der Waals surface area contributed by atoms with Gasteiger partial charge in [-0.25, -0.2) is 0 Å². The molecule has 0 spiro atoms. The minimum Gasteiger partial charge on any atom is -0.493 e. The minimum atomic E-state index is -0.704. The highest BCUT2D eigenvalue weighted by molar-refractivity contribution is 5.52. The van der Waals surface area contributed by atoms with Crippen molar-refractivity contribution in [2.45, 2.75) is 18.6 Å². The summed E-state index contributed by atoms with van der Waals surface area (Å²) in [5.74, 6) is 4.86. The number of fused-ring (bicyclic) bond motifs is 1. The Balaban J connectivity index is 1.18. The minimum absolute atomic E-state index is 0.107. The van der Waals surface area contributed by atoms with Crippen molar-refractivity contribution in [2.75, 3.05) is 74.4 Å². The first-order valence-electron chi connectivity index (χ1n) is 14.3. The Hall–Kier alpha value is -4.06. The van der Waals surface area contributed by atoms with Crippen LogP contribution in [0.15, 0.2) is 54.6 Å². The van der Waals surface area contributed by atoms with E-state index in [-0.39, 0.29) is 12.7 Å². The van der Waals surface area contributed by atoms with Gasteiger partial charge in [0, 0.05) is 19.6 Å². The number of ether oxygens (including phenoxy) is 8. The summed E-state index contributed by atoms with van der Waals surface area (Å²) in [4.78, 5) is 0. The van der Waals surface area contributed by atoms with E-state index < -0.39 is 6.10 Å². The van der Waals surface area contributed by atoms with Gasteiger partial charge < -0.3 is 53.6 Å². The SMILES string of the molecule is COc1ccc(CCNCC(O)COc2cccc3c2OC(CNCCOc2c(OC)cccc2OC)CO3)cc1OC. The molecule has 0 aliphatic carbocycles. The third-order valence-corrected chi connectivity index (χ3v) is 6.78. The van der Waals surface area contributed by atoms with E-state index in [0.717, 1.165) is 12.0 Å². The van der Waals surface area contributed by atoms with Gasteiger partial charge in [0.1, 0.15) is 32.0 Å². The van der Waals surface area contributed by atoms with Crippen LogP contribution in [-0.4, -0.2) is 91.8 Å². The lowest BCUT2D eigenvalue weighted by atomic mass is 10.1. The van der Waals surface area contributed by atoms with Gasteiger partial charge in [-0.05, 0) is 54.9 Å². The molecule has 3 N–H and O–H groups in total. The summed E-state index contributed by atoms with van der Waals surface area (Å²) in [5.41, 5.74) is 1.11. The fourth-order valence-electron chi connectivity index (χ4n) is 4.55. The summed E-state index contributed by atoms with van der Waals surface area (Å²) in [7, 11) is 6.42. The Labute approximate surface area is 252 Å². The molecule has 0 amide bonds. The van der Waals surface area contributed by atoms with Crippen LogP contribution < -0.4 is 48.5 Å². The molecule has 0 fully saturated rings. The standard InChI is InChI=1S/C32H42N2O9/c1-36-25-12-11-22(17-30(25)39-4)13-14-33-18-23(35)20-41-28-9-6-10-29-32(28)43-24(21-42-29)19-34-15-16-40-31-26(37-2)7-5-8-27(31)38-3/h5-12,17,23-24,33-35H,13-16,18-21H2,1-4H3. The van der Waals surface area contributed by atoms with E-state index in [1.165, 1.54) is 0 Å². The Kier molecular flexibility index (Phi) is 12.3. The van der Waals surface area contributed by atoms with E-state index >= 15 is 0 Å². The average Bonchev–Trinajstić information content (AvgIpc) is 3.05. The molecule has 3 aromatic rings. The van der Waals surface area contributed by atoms with Gasteiger partial charge in [-0.2, -0.15) is 0 Å². The predicted molar refractivity (Wildman–Crippen MR) is 162 cm³/mol. The van der Waals surface area contributed by atoms with Crippen LogP contribution in [0.3, 0.4) is 0 Å². The van der Waals surface area contributed by atoms with E-state index in [0.29, 0.717) is 85.4 Å². The lowest BCUT2D eigenvalue weighted by molar-refractivity contribution is 0.0750. The first kappa shape index (κ1) is 31.9. The van der Waals surface area contributed by atoms with Gasteiger partial charge in [0.2, 0.25) is 11.5 Å². The highest BCUT2D eigenvalue weighted by Gasteiger charge is 2.24. The second-order valence-electron chi connectivity index (χ2n) is 9.79. The zero-order chi connectivity index (χ0) is 30.4. The molecule has 2 unspecified atom stereocenters. The summed E-state index contributed by atoms with van der Waals surface area (Å²) in [5, 5.41) is 17.1. The molecule has 234 valence electrons. The van der Waals surface area contributed by atoms with E-state index in [2.05, 4.69) is 10.6 Å². The Morgan fingerprint density at radius 3 is 2.28 bits per heavy atom. The molecule has 11 heteroatoms. The average molecular weight is 599 g/mol. The highest BCUT2D eigenvalue weighted by Crippen LogP contribution is 2.40. The van der Waals surface area contributed by atoms with Crippen molar-refractivity contribution in [1.29, 1.82) is 0 Å². The second-order valence-corrected chi connectivity index (χ2v) is 9.79. The first-order valence-corrected chi connectivity index (χ1v) is 14.3. The summed E-state index contributed by atoms with van der Waals surface area (Å²) >= 11 is 0. The number of methoxy groups -OCH3 is 4. The van der Waals surface area contributed by atoms with Crippen LogP contribution in [0.2, 0.25) is 0 Å². The van der Waals surface area contributed by atoms with Crippen molar-refractivity contribution < 1.29 is 43.0 Å². The van der Waals surface area contributed by atoms with Crippen LogP contribution >= 0.6 is 0 Å². The number of aliphatic hydroxyl groups excluding tert-OH is 1. The van der Waals surface area contributed by atoms with E-state index in [1.807, 2.05) is 54.6 Å².